The van der Waals surface area contributed by atoms with Gasteiger partial charge in [-0.2, -0.15) is 0 Å². The summed E-state index contributed by atoms with van der Waals surface area (Å²) < 4.78 is 2.08. The molecule has 0 fully saturated rings. The molecule has 0 bridgehead atoms. The fourth-order valence-electron chi connectivity index (χ4n) is 4.03. The number of halogens is 2. The Morgan fingerprint density at radius 2 is 1.50 bits per heavy atom. The second kappa shape index (κ2) is 6.30. The Morgan fingerprint density at radius 3 is 2.27 bits per heavy atom. The van der Waals surface area contributed by atoms with Crippen molar-refractivity contribution in [3.05, 3.63) is 89.5 Å². The zero-order valence-corrected chi connectivity index (χ0v) is 17.7. The molecule has 3 aromatic rings. The van der Waals surface area contributed by atoms with E-state index in [1.54, 1.807) is 12.7 Å². The van der Waals surface area contributed by atoms with Gasteiger partial charge in [0.05, 0.1) is 0 Å². The minimum atomic E-state index is -3.77. The first-order chi connectivity index (χ1) is 12.7. The van der Waals surface area contributed by atoms with Gasteiger partial charge in [-0.1, -0.05) is 0 Å². The summed E-state index contributed by atoms with van der Waals surface area (Å²) in [5.41, 5.74) is 5.95. The van der Waals surface area contributed by atoms with E-state index in [4.69, 9.17) is 17.0 Å². The molecule has 2 aliphatic carbocycles. The summed E-state index contributed by atoms with van der Waals surface area (Å²) in [5, 5.41) is 7.95. The zero-order chi connectivity index (χ0) is 17.7. The molecule has 0 spiro atoms. The molecule has 5 rings (SSSR count). The maximum atomic E-state index is 7.35. The van der Waals surface area contributed by atoms with Gasteiger partial charge in [-0.3, -0.25) is 0 Å². The Hall–Kier alpha value is -1.48. The second-order valence-electron chi connectivity index (χ2n) is 6.64. The maximum absolute atomic E-state index is 7.35. The third-order valence-corrected chi connectivity index (χ3v) is 17.2. The third kappa shape index (κ3) is 2.51. The molecular weight excluding hydrogens is 444 g/mol. The second-order valence-corrected chi connectivity index (χ2v) is 21.4. The minimum absolute atomic E-state index is 0.0145. The number of hydrogen-bond donors (Lipinski definition) is 0. The molecule has 0 radical (unpaired) electrons. The standard InChI is InChI=1S/C11H8N3.C9H7.2ClH.Zr/c1-2-4-10-6-11(5-9(10)3-1)14-7-12-13-8-14;1-2-5-9-7-3-6-8(9)4-1;;;/h1-8H;1-7H;2*1H;/q;;;;+2/p-2. The van der Waals surface area contributed by atoms with Gasteiger partial charge in [-0.05, 0) is 0 Å². The normalized spacial score (nSPS) is 20.8. The van der Waals surface area contributed by atoms with Gasteiger partial charge in [0.2, 0.25) is 0 Å². The number of allylic oxidation sites excluding steroid dienone is 2. The predicted octanol–water partition coefficient (Wildman–Crippen LogP) is 5.56. The topological polar surface area (TPSA) is 30.7 Å². The number of hydrogen-bond acceptors (Lipinski definition) is 2. The van der Waals surface area contributed by atoms with Gasteiger partial charge in [-0.25, -0.2) is 0 Å². The van der Waals surface area contributed by atoms with Crippen molar-refractivity contribution in [2.45, 2.75) is 7.25 Å². The van der Waals surface area contributed by atoms with E-state index in [1.165, 1.54) is 22.3 Å². The number of nitrogens with zero attached hydrogens (tertiary/aromatic N) is 3. The van der Waals surface area contributed by atoms with Crippen LogP contribution in [0.3, 0.4) is 0 Å². The van der Waals surface area contributed by atoms with Crippen molar-refractivity contribution in [1.82, 2.24) is 14.8 Å². The predicted molar refractivity (Wildman–Crippen MR) is 103 cm³/mol. The van der Waals surface area contributed by atoms with E-state index in [0.29, 0.717) is 0 Å². The molecule has 0 aliphatic heterocycles. The SMILES string of the molecule is [Cl][Zr]([Cl])([CH]1C=Cc2ccccc21)[CH]1C(n2cnnc2)=Cc2ccccc21. The molecule has 1 heterocycles. The van der Waals surface area contributed by atoms with Crippen molar-refractivity contribution < 1.29 is 17.9 Å². The van der Waals surface area contributed by atoms with Crippen LogP contribution in [0, 0.1) is 0 Å². The van der Waals surface area contributed by atoms with E-state index in [2.05, 4.69) is 70.9 Å². The van der Waals surface area contributed by atoms with E-state index in [9.17, 15) is 0 Å². The van der Waals surface area contributed by atoms with Crippen molar-refractivity contribution in [2.24, 2.45) is 0 Å². The molecule has 0 saturated carbocycles. The molecule has 6 heteroatoms. The fraction of sp³-hybridized carbons (Fsp3) is 0.100. The average molecular weight is 459 g/mol. The van der Waals surface area contributed by atoms with Gasteiger partial charge < -0.3 is 0 Å². The van der Waals surface area contributed by atoms with Crippen LogP contribution in [-0.4, -0.2) is 14.8 Å². The van der Waals surface area contributed by atoms with E-state index in [-0.39, 0.29) is 7.25 Å². The van der Waals surface area contributed by atoms with Gasteiger partial charge in [-0.15, -0.1) is 0 Å². The molecule has 1 aromatic heterocycles. The van der Waals surface area contributed by atoms with Crippen LogP contribution in [0.25, 0.3) is 17.8 Å². The first kappa shape index (κ1) is 16.7. The van der Waals surface area contributed by atoms with Gasteiger partial charge >= 0.3 is 164 Å². The first-order valence-electron chi connectivity index (χ1n) is 8.47. The Kier molecular flexibility index (Phi) is 4.04. The monoisotopic (exact) mass is 457 g/mol. The van der Waals surface area contributed by atoms with E-state index < -0.39 is 17.9 Å². The molecule has 2 aliphatic rings. The van der Waals surface area contributed by atoms with Gasteiger partial charge in [0.25, 0.3) is 0 Å². The van der Waals surface area contributed by atoms with Crippen molar-refractivity contribution in [2.75, 3.05) is 0 Å². The average Bonchev–Trinajstić information content (AvgIpc) is 3.38. The Labute approximate surface area is 163 Å². The first-order valence-corrected chi connectivity index (χ1v) is 17.6. The van der Waals surface area contributed by atoms with Crippen molar-refractivity contribution >= 4 is 34.9 Å². The summed E-state index contributed by atoms with van der Waals surface area (Å²) >= 11 is -3.77. The Bertz CT molecular complexity index is 1040. The molecule has 2 aromatic carbocycles. The van der Waals surface area contributed by atoms with E-state index >= 15 is 0 Å². The Morgan fingerprint density at radius 1 is 0.846 bits per heavy atom. The summed E-state index contributed by atoms with van der Waals surface area (Å²) in [5.74, 6) is 0. The molecule has 0 N–H and O–H groups in total. The molecule has 3 nitrogen and oxygen atoms in total. The molecule has 2 atom stereocenters. The van der Waals surface area contributed by atoms with Crippen LogP contribution in [0.15, 0.2) is 67.3 Å². The zero-order valence-electron chi connectivity index (χ0n) is 13.8. The van der Waals surface area contributed by atoms with Crippen LogP contribution in [-0.2, 0) is 17.9 Å². The number of fused-ring (bicyclic) bond motifs is 2. The van der Waals surface area contributed by atoms with E-state index in [1.807, 2.05) is 10.6 Å². The molecular formula is C20H15Cl2N3Zr. The molecule has 0 saturated heterocycles. The molecule has 26 heavy (non-hydrogen) atoms. The van der Waals surface area contributed by atoms with Gasteiger partial charge in [0, 0.05) is 0 Å². The summed E-state index contributed by atoms with van der Waals surface area (Å²) in [4.78, 5) is 0. The van der Waals surface area contributed by atoms with Crippen LogP contribution in [0.1, 0.15) is 29.5 Å². The van der Waals surface area contributed by atoms with Crippen molar-refractivity contribution in [1.29, 1.82) is 0 Å². The summed E-state index contributed by atoms with van der Waals surface area (Å²) in [6, 6.07) is 16.8. The molecule has 2 unspecified atom stereocenters. The third-order valence-electron chi connectivity index (χ3n) is 5.22. The number of aromatic nitrogens is 3. The van der Waals surface area contributed by atoms with Crippen LogP contribution in [0.5, 0.6) is 0 Å². The molecule has 0 amide bonds. The quantitative estimate of drug-likeness (QED) is 0.514. The molecule has 128 valence electrons. The Balaban J connectivity index is 1.65. The fourth-order valence-corrected chi connectivity index (χ4v) is 15.6. The number of rotatable bonds is 3. The van der Waals surface area contributed by atoms with E-state index in [0.717, 1.165) is 5.70 Å². The van der Waals surface area contributed by atoms with Crippen LogP contribution < -0.4 is 0 Å². The van der Waals surface area contributed by atoms with Gasteiger partial charge in [0.15, 0.2) is 0 Å². The number of benzene rings is 2. The van der Waals surface area contributed by atoms with Crippen LogP contribution in [0.2, 0.25) is 0 Å². The summed E-state index contributed by atoms with van der Waals surface area (Å²) in [7, 11) is 14.7. The van der Waals surface area contributed by atoms with Gasteiger partial charge in [0.1, 0.15) is 0 Å². The van der Waals surface area contributed by atoms with Crippen LogP contribution in [0.4, 0.5) is 0 Å². The van der Waals surface area contributed by atoms with Crippen molar-refractivity contribution in [3.8, 4) is 0 Å². The summed E-state index contributed by atoms with van der Waals surface area (Å²) in [6.07, 6.45) is 9.97. The van der Waals surface area contributed by atoms with Crippen LogP contribution >= 0.6 is 17.0 Å². The van der Waals surface area contributed by atoms with Crippen molar-refractivity contribution in [3.63, 3.8) is 0 Å². The summed E-state index contributed by atoms with van der Waals surface area (Å²) in [6.45, 7) is 0.